The van der Waals surface area contributed by atoms with E-state index in [0.29, 0.717) is 22.3 Å². The standard InChI is InChI=1S/C22H24N4O2S2/c1-30(27,28)19-12-11-16-6-5-13-24(20(16)14-19)15-25-22(29)26(18-7-3-2-4-8-18)21(23-25)17-9-10-17/h2-4,7-8,11-12,14,17H,5-6,9-10,13,15H2,1H3. The van der Waals surface area contributed by atoms with E-state index >= 15 is 0 Å². The molecule has 1 saturated carbocycles. The molecule has 2 aliphatic rings. The first-order valence-electron chi connectivity index (χ1n) is 10.2. The van der Waals surface area contributed by atoms with Gasteiger partial charge in [0.15, 0.2) is 9.84 Å². The Balaban J connectivity index is 1.55. The summed E-state index contributed by atoms with van der Waals surface area (Å²) in [6.45, 7) is 1.36. The number of hydrogen-bond donors (Lipinski definition) is 0. The van der Waals surface area contributed by atoms with E-state index in [1.165, 1.54) is 11.8 Å². The van der Waals surface area contributed by atoms with E-state index in [9.17, 15) is 8.42 Å². The fourth-order valence-corrected chi connectivity index (χ4v) is 5.05. The summed E-state index contributed by atoms with van der Waals surface area (Å²) in [7, 11) is -3.26. The maximum Gasteiger partial charge on any atom is 0.204 e. The predicted octanol–water partition coefficient (Wildman–Crippen LogP) is 4.09. The van der Waals surface area contributed by atoms with Crippen molar-refractivity contribution in [2.24, 2.45) is 0 Å². The summed E-state index contributed by atoms with van der Waals surface area (Å²) in [6.07, 6.45) is 5.51. The molecule has 0 saturated heterocycles. The summed E-state index contributed by atoms with van der Waals surface area (Å²) >= 11 is 5.83. The van der Waals surface area contributed by atoms with Crippen LogP contribution in [0, 0.1) is 4.77 Å². The number of aromatic nitrogens is 3. The van der Waals surface area contributed by atoms with Crippen molar-refractivity contribution in [2.75, 3.05) is 17.7 Å². The maximum atomic E-state index is 12.1. The number of para-hydroxylation sites is 1. The van der Waals surface area contributed by atoms with Gasteiger partial charge in [-0.1, -0.05) is 24.3 Å². The monoisotopic (exact) mass is 440 g/mol. The highest BCUT2D eigenvalue weighted by Crippen LogP contribution is 2.40. The van der Waals surface area contributed by atoms with E-state index < -0.39 is 9.84 Å². The van der Waals surface area contributed by atoms with E-state index in [1.54, 1.807) is 12.1 Å². The topological polar surface area (TPSA) is 60.1 Å². The second-order valence-electron chi connectivity index (χ2n) is 8.16. The van der Waals surface area contributed by atoms with Crippen LogP contribution in [0.25, 0.3) is 5.69 Å². The van der Waals surface area contributed by atoms with E-state index in [0.717, 1.165) is 49.4 Å². The third-order valence-electron chi connectivity index (χ3n) is 5.83. The number of sulfone groups is 1. The number of anilines is 1. The Morgan fingerprint density at radius 1 is 1.13 bits per heavy atom. The summed E-state index contributed by atoms with van der Waals surface area (Å²) < 4.78 is 28.8. The van der Waals surface area contributed by atoms with Crippen molar-refractivity contribution in [3.63, 3.8) is 0 Å². The van der Waals surface area contributed by atoms with Gasteiger partial charge < -0.3 is 4.90 Å². The van der Waals surface area contributed by atoms with Gasteiger partial charge in [-0.15, -0.1) is 0 Å². The molecule has 3 aromatic rings. The number of fused-ring (bicyclic) bond motifs is 1. The number of nitrogens with zero attached hydrogens (tertiary/aromatic N) is 4. The molecule has 5 rings (SSSR count). The molecule has 1 aliphatic carbocycles. The minimum atomic E-state index is -3.26. The molecular weight excluding hydrogens is 416 g/mol. The van der Waals surface area contributed by atoms with Gasteiger partial charge in [-0.3, -0.25) is 4.57 Å². The SMILES string of the molecule is CS(=O)(=O)c1ccc2c(c1)N(Cn1nc(C3CC3)n(-c3ccccc3)c1=S)CCC2. The smallest absolute Gasteiger partial charge is 0.204 e. The van der Waals surface area contributed by atoms with Gasteiger partial charge in [0.25, 0.3) is 0 Å². The van der Waals surface area contributed by atoms with Gasteiger partial charge in [0.1, 0.15) is 12.5 Å². The van der Waals surface area contributed by atoms with Crippen molar-refractivity contribution in [3.8, 4) is 5.69 Å². The number of benzene rings is 2. The molecule has 0 N–H and O–H groups in total. The van der Waals surface area contributed by atoms with Gasteiger partial charge >= 0.3 is 0 Å². The van der Waals surface area contributed by atoms with Crippen LogP contribution in [0.4, 0.5) is 5.69 Å². The maximum absolute atomic E-state index is 12.1. The largest absolute Gasteiger partial charge is 0.352 e. The molecule has 0 bridgehead atoms. The second kappa shape index (κ2) is 7.35. The Hall–Kier alpha value is -2.45. The third kappa shape index (κ3) is 3.58. The highest BCUT2D eigenvalue weighted by Gasteiger charge is 2.31. The van der Waals surface area contributed by atoms with Gasteiger partial charge in [0.2, 0.25) is 4.77 Å². The first-order valence-corrected chi connectivity index (χ1v) is 12.5. The summed E-state index contributed by atoms with van der Waals surface area (Å²) in [4.78, 5) is 2.55. The number of aryl methyl sites for hydroxylation is 1. The summed E-state index contributed by atoms with van der Waals surface area (Å²) in [5, 5.41) is 4.90. The Kier molecular flexibility index (Phi) is 4.78. The molecule has 0 radical (unpaired) electrons. The molecule has 30 heavy (non-hydrogen) atoms. The normalized spacial score (nSPS) is 16.5. The Morgan fingerprint density at radius 2 is 1.90 bits per heavy atom. The Morgan fingerprint density at radius 3 is 2.60 bits per heavy atom. The fraction of sp³-hybridized carbons (Fsp3) is 0.364. The van der Waals surface area contributed by atoms with Gasteiger partial charge in [-0.05, 0) is 67.7 Å². The molecular formula is C22H24N4O2S2. The van der Waals surface area contributed by atoms with Crippen LogP contribution in [-0.4, -0.2) is 35.6 Å². The zero-order valence-corrected chi connectivity index (χ0v) is 18.5. The molecule has 1 aliphatic heterocycles. The zero-order chi connectivity index (χ0) is 20.9. The summed E-state index contributed by atoms with van der Waals surface area (Å²) in [6, 6.07) is 15.6. The van der Waals surface area contributed by atoms with Crippen LogP contribution in [-0.2, 0) is 22.9 Å². The molecule has 0 amide bonds. The number of hydrogen-bond acceptors (Lipinski definition) is 5. The highest BCUT2D eigenvalue weighted by atomic mass is 32.2. The van der Waals surface area contributed by atoms with Gasteiger partial charge in [0.05, 0.1) is 4.90 Å². The molecule has 6 nitrogen and oxygen atoms in total. The molecule has 1 aromatic heterocycles. The predicted molar refractivity (Wildman–Crippen MR) is 120 cm³/mol. The zero-order valence-electron chi connectivity index (χ0n) is 16.9. The van der Waals surface area contributed by atoms with E-state index in [4.69, 9.17) is 17.3 Å². The molecule has 0 spiro atoms. The summed E-state index contributed by atoms with van der Waals surface area (Å²) in [5.41, 5.74) is 3.17. The van der Waals surface area contributed by atoms with Crippen molar-refractivity contribution in [2.45, 2.75) is 43.2 Å². The average Bonchev–Trinajstić information content (AvgIpc) is 3.53. The van der Waals surface area contributed by atoms with Crippen LogP contribution in [0.5, 0.6) is 0 Å². The Labute approximate surface area is 181 Å². The lowest BCUT2D eigenvalue weighted by atomic mass is 10.0. The lowest BCUT2D eigenvalue weighted by Gasteiger charge is -2.31. The molecule has 156 valence electrons. The average molecular weight is 441 g/mol. The quantitative estimate of drug-likeness (QED) is 0.559. The van der Waals surface area contributed by atoms with Crippen molar-refractivity contribution in [1.29, 1.82) is 0 Å². The van der Waals surface area contributed by atoms with Crippen molar-refractivity contribution in [1.82, 2.24) is 14.3 Å². The lowest BCUT2D eigenvalue weighted by molar-refractivity contribution is 0.541. The van der Waals surface area contributed by atoms with Crippen LogP contribution in [0.15, 0.2) is 53.4 Å². The molecule has 2 heterocycles. The van der Waals surface area contributed by atoms with Crippen molar-refractivity contribution >= 4 is 27.7 Å². The van der Waals surface area contributed by atoms with E-state index in [-0.39, 0.29) is 0 Å². The van der Waals surface area contributed by atoms with Crippen LogP contribution in [0.2, 0.25) is 0 Å². The highest BCUT2D eigenvalue weighted by molar-refractivity contribution is 7.90. The van der Waals surface area contributed by atoms with Gasteiger partial charge in [-0.25, -0.2) is 13.1 Å². The van der Waals surface area contributed by atoms with Gasteiger partial charge in [-0.2, -0.15) is 5.10 Å². The van der Waals surface area contributed by atoms with Crippen LogP contribution >= 0.6 is 12.2 Å². The van der Waals surface area contributed by atoms with Crippen molar-refractivity contribution < 1.29 is 8.42 Å². The number of rotatable bonds is 5. The van der Waals surface area contributed by atoms with Crippen LogP contribution in [0.3, 0.4) is 0 Å². The van der Waals surface area contributed by atoms with E-state index in [2.05, 4.69) is 21.6 Å². The lowest BCUT2D eigenvalue weighted by Crippen LogP contribution is -2.32. The van der Waals surface area contributed by atoms with Crippen molar-refractivity contribution in [3.05, 3.63) is 64.7 Å². The van der Waals surface area contributed by atoms with Gasteiger partial charge in [0, 0.05) is 30.1 Å². The van der Waals surface area contributed by atoms with Crippen LogP contribution in [0.1, 0.15) is 36.6 Å². The fourth-order valence-electron chi connectivity index (χ4n) is 4.11. The summed E-state index contributed by atoms with van der Waals surface area (Å²) in [5.74, 6) is 1.48. The molecule has 0 unspecified atom stereocenters. The van der Waals surface area contributed by atoms with E-state index in [1.807, 2.05) is 28.9 Å². The first-order chi connectivity index (χ1) is 14.4. The third-order valence-corrected chi connectivity index (χ3v) is 7.33. The second-order valence-corrected chi connectivity index (χ2v) is 10.5. The minimum absolute atomic E-state index is 0.352. The molecule has 2 aromatic carbocycles. The first kappa shape index (κ1) is 19.5. The Bertz CT molecular complexity index is 1260. The minimum Gasteiger partial charge on any atom is -0.352 e. The molecule has 1 fully saturated rings. The molecule has 0 atom stereocenters. The van der Waals surface area contributed by atoms with Crippen LogP contribution < -0.4 is 4.90 Å². The molecule has 8 heteroatoms.